The van der Waals surface area contributed by atoms with E-state index in [0.717, 1.165) is 17.7 Å². The van der Waals surface area contributed by atoms with Gasteiger partial charge in [0, 0.05) is 19.2 Å². The number of anilines is 1. The first-order chi connectivity index (χ1) is 12.4. The highest BCUT2D eigenvalue weighted by Crippen LogP contribution is 2.19. The lowest BCUT2D eigenvalue weighted by molar-refractivity contribution is -0.121. The van der Waals surface area contributed by atoms with Crippen molar-refractivity contribution in [3.63, 3.8) is 0 Å². The van der Waals surface area contributed by atoms with E-state index in [2.05, 4.69) is 10.3 Å². The molecule has 140 valence electrons. The summed E-state index contributed by atoms with van der Waals surface area (Å²) in [5, 5.41) is 2.80. The zero-order valence-electron chi connectivity index (χ0n) is 15.2. The molecule has 0 saturated heterocycles. The summed E-state index contributed by atoms with van der Waals surface area (Å²) in [6, 6.07) is 13.0. The minimum absolute atomic E-state index is 0.120. The van der Waals surface area contributed by atoms with E-state index in [1.807, 2.05) is 37.3 Å². The molecule has 0 unspecified atom stereocenters. The van der Waals surface area contributed by atoms with Gasteiger partial charge in [0.1, 0.15) is 0 Å². The number of amides is 1. The second-order valence-electron chi connectivity index (χ2n) is 6.06. The van der Waals surface area contributed by atoms with Crippen molar-refractivity contribution in [1.82, 2.24) is 10.3 Å². The van der Waals surface area contributed by atoms with Gasteiger partial charge < -0.3 is 5.32 Å². The number of pyridine rings is 1. The first-order valence-corrected chi connectivity index (χ1v) is 10.5. The topological polar surface area (TPSA) is 79.4 Å². The highest BCUT2D eigenvalue weighted by Gasteiger charge is 2.17. The fourth-order valence-electron chi connectivity index (χ4n) is 2.55. The van der Waals surface area contributed by atoms with Crippen molar-refractivity contribution in [2.75, 3.05) is 17.1 Å². The number of rotatable bonds is 9. The molecule has 0 bridgehead atoms. The third-order valence-electron chi connectivity index (χ3n) is 3.99. The van der Waals surface area contributed by atoms with E-state index in [4.69, 9.17) is 0 Å². The van der Waals surface area contributed by atoms with Crippen molar-refractivity contribution in [2.24, 2.45) is 0 Å². The van der Waals surface area contributed by atoms with Crippen LogP contribution in [0.1, 0.15) is 31.0 Å². The van der Waals surface area contributed by atoms with Crippen LogP contribution in [0.25, 0.3) is 0 Å². The van der Waals surface area contributed by atoms with Crippen LogP contribution in [0.3, 0.4) is 0 Å². The number of nitrogens with one attached hydrogen (secondary N) is 1. The fraction of sp³-hybridized carbons (Fsp3) is 0.368. The first kappa shape index (κ1) is 19.9. The van der Waals surface area contributed by atoms with Crippen molar-refractivity contribution in [2.45, 2.75) is 32.7 Å². The van der Waals surface area contributed by atoms with Gasteiger partial charge in [-0.15, -0.1) is 0 Å². The first-order valence-electron chi connectivity index (χ1n) is 8.63. The molecule has 1 amide bonds. The van der Waals surface area contributed by atoms with Gasteiger partial charge in [0.15, 0.2) is 0 Å². The molecule has 0 fully saturated rings. The monoisotopic (exact) mass is 375 g/mol. The molecule has 0 saturated carbocycles. The van der Waals surface area contributed by atoms with Crippen molar-refractivity contribution < 1.29 is 13.2 Å². The van der Waals surface area contributed by atoms with E-state index in [0.29, 0.717) is 18.7 Å². The maximum absolute atomic E-state index is 12.1. The molecular formula is C19H25N3O3S. The summed E-state index contributed by atoms with van der Waals surface area (Å²) in [5.41, 5.74) is 2.56. The molecule has 0 atom stereocenters. The molecule has 6 nitrogen and oxygen atoms in total. The lowest BCUT2D eigenvalue weighted by Gasteiger charge is -2.22. The zero-order chi connectivity index (χ0) is 19.0. The third kappa shape index (κ3) is 6.15. The molecule has 0 spiro atoms. The van der Waals surface area contributed by atoms with Gasteiger partial charge in [-0.1, -0.05) is 25.1 Å². The molecule has 0 aliphatic heterocycles. The highest BCUT2D eigenvalue weighted by atomic mass is 32.2. The van der Waals surface area contributed by atoms with Crippen molar-refractivity contribution in [3.05, 3.63) is 59.9 Å². The Morgan fingerprint density at radius 1 is 1.15 bits per heavy atom. The van der Waals surface area contributed by atoms with E-state index in [1.165, 1.54) is 10.6 Å². The molecule has 1 aromatic carbocycles. The molecular weight excluding hydrogens is 350 g/mol. The van der Waals surface area contributed by atoms with E-state index in [1.54, 1.807) is 18.3 Å². The molecule has 2 aromatic rings. The number of hydrogen-bond donors (Lipinski definition) is 1. The lowest BCUT2D eigenvalue weighted by Crippen LogP contribution is -2.32. The van der Waals surface area contributed by atoms with Crippen LogP contribution in [-0.4, -0.2) is 32.1 Å². The molecule has 0 radical (unpaired) electrons. The van der Waals surface area contributed by atoms with Crippen LogP contribution in [0.15, 0.2) is 48.7 Å². The van der Waals surface area contributed by atoms with Crippen molar-refractivity contribution in [1.29, 1.82) is 0 Å². The predicted molar refractivity (Wildman–Crippen MR) is 103 cm³/mol. The number of sulfonamides is 1. The Morgan fingerprint density at radius 3 is 2.46 bits per heavy atom. The standard InChI is InChI=1S/C19H25N3O3S/c1-3-16-9-11-18(12-10-16)22(26(2,24)25)14-6-8-19(23)21-15-17-7-4-5-13-20-17/h4-5,7,9-13H,3,6,8,14-15H2,1-2H3,(H,21,23). The molecule has 1 N–H and O–H groups in total. The van der Waals surface area contributed by atoms with Crippen LogP contribution in [-0.2, 0) is 27.8 Å². The Morgan fingerprint density at radius 2 is 1.88 bits per heavy atom. The summed E-state index contributed by atoms with van der Waals surface area (Å²) in [6.45, 7) is 2.68. The van der Waals surface area contributed by atoms with Gasteiger partial charge in [0.05, 0.1) is 24.2 Å². The van der Waals surface area contributed by atoms with Gasteiger partial charge in [-0.2, -0.15) is 0 Å². The van der Waals surface area contributed by atoms with Gasteiger partial charge in [-0.3, -0.25) is 14.1 Å². The molecule has 2 rings (SSSR count). The third-order valence-corrected chi connectivity index (χ3v) is 5.18. The minimum atomic E-state index is -3.40. The Bertz CT molecular complexity index is 806. The van der Waals surface area contributed by atoms with Gasteiger partial charge in [-0.05, 0) is 42.7 Å². The maximum Gasteiger partial charge on any atom is 0.232 e. The van der Waals surface area contributed by atoms with Gasteiger partial charge in [0.2, 0.25) is 15.9 Å². The average molecular weight is 375 g/mol. The van der Waals surface area contributed by atoms with Gasteiger partial charge >= 0.3 is 0 Å². The number of carbonyl (C=O) groups excluding carboxylic acids is 1. The van der Waals surface area contributed by atoms with Crippen LogP contribution in [0, 0.1) is 0 Å². The highest BCUT2D eigenvalue weighted by molar-refractivity contribution is 7.92. The van der Waals surface area contributed by atoms with E-state index < -0.39 is 10.0 Å². The molecule has 0 aliphatic rings. The van der Waals surface area contributed by atoms with Gasteiger partial charge in [0.25, 0.3) is 0 Å². The van der Waals surface area contributed by atoms with Crippen LogP contribution in [0.4, 0.5) is 5.69 Å². The summed E-state index contributed by atoms with van der Waals surface area (Å²) in [6.07, 6.45) is 4.45. The van der Waals surface area contributed by atoms with E-state index >= 15 is 0 Å². The average Bonchev–Trinajstić information content (AvgIpc) is 2.63. The van der Waals surface area contributed by atoms with Crippen LogP contribution in [0.5, 0.6) is 0 Å². The normalized spacial score (nSPS) is 11.2. The fourth-order valence-corrected chi connectivity index (χ4v) is 3.51. The number of carbonyl (C=O) groups is 1. The van der Waals surface area contributed by atoms with Crippen LogP contribution in [0.2, 0.25) is 0 Å². The Labute approximate surface area is 155 Å². The number of nitrogens with zero attached hydrogens (tertiary/aromatic N) is 2. The number of aryl methyl sites for hydroxylation is 1. The molecule has 1 heterocycles. The van der Waals surface area contributed by atoms with Gasteiger partial charge in [-0.25, -0.2) is 8.42 Å². The number of hydrogen-bond acceptors (Lipinski definition) is 4. The Hall–Kier alpha value is -2.41. The Balaban J connectivity index is 1.88. The lowest BCUT2D eigenvalue weighted by atomic mass is 10.1. The molecule has 7 heteroatoms. The quantitative estimate of drug-likeness (QED) is 0.730. The molecule has 1 aromatic heterocycles. The van der Waals surface area contributed by atoms with Crippen molar-refractivity contribution in [3.8, 4) is 0 Å². The minimum Gasteiger partial charge on any atom is -0.350 e. The summed E-state index contributed by atoms with van der Waals surface area (Å²) in [7, 11) is -3.40. The summed E-state index contributed by atoms with van der Waals surface area (Å²) >= 11 is 0. The SMILES string of the molecule is CCc1ccc(N(CCCC(=O)NCc2ccccn2)S(C)(=O)=O)cc1. The summed E-state index contributed by atoms with van der Waals surface area (Å²) < 4.78 is 25.5. The largest absolute Gasteiger partial charge is 0.350 e. The Kier molecular flexibility index (Phi) is 7.15. The van der Waals surface area contributed by atoms with E-state index in [9.17, 15) is 13.2 Å². The van der Waals surface area contributed by atoms with E-state index in [-0.39, 0.29) is 18.9 Å². The van der Waals surface area contributed by atoms with Crippen molar-refractivity contribution >= 4 is 21.6 Å². The maximum atomic E-state index is 12.1. The second-order valence-corrected chi connectivity index (χ2v) is 7.96. The summed E-state index contributed by atoms with van der Waals surface area (Å²) in [5.74, 6) is -0.120. The summed E-state index contributed by atoms with van der Waals surface area (Å²) in [4.78, 5) is 16.1. The molecule has 26 heavy (non-hydrogen) atoms. The number of aromatic nitrogens is 1. The smallest absolute Gasteiger partial charge is 0.232 e. The predicted octanol–water partition coefficient (Wildman–Crippen LogP) is 2.51. The van der Waals surface area contributed by atoms with Crippen LogP contribution < -0.4 is 9.62 Å². The molecule has 0 aliphatic carbocycles. The number of benzene rings is 1. The van der Waals surface area contributed by atoms with Crippen LogP contribution >= 0.6 is 0 Å². The second kappa shape index (κ2) is 9.33. The zero-order valence-corrected chi connectivity index (χ0v) is 16.0.